The van der Waals surface area contributed by atoms with Gasteiger partial charge < -0.3 is 10.2 Å². The van der Waals surface area contributed by atoms with E-state index in [4.69, 9.17) is 0 Å². The summed E-state index contributed by atoms with van der Waals surface area (Å²) >= 11 is 0. The summed E-state index contributed by atoms with van der Waals surface area (Å²) in [6.45, 7) is 4.76. The number of carbonyl (C=O) groups is 1. The molecule has 2 aliphatic rings. The van der Waals surface area contributed by atoms with Gasteiger partial charge in [-0.15, -0.1) is 0 Å². The normalized spacial score (nSPS) is 25.4. The maximum absolute atomic E-state index is 12.4. The zero-order valence-corrected chi connectivity index (χ0v) is 11.4. The summed E-state index contributed by atoms with van der Waals surface area (Å²) < 4.78 is 0. The van der Waals surface area contributed by atoms with Crippen molar-refractivity contribution in [3.8, 4) is 0 Å². The molecule has 2 unspecified atom stereocenters. The first kappa shape index (κ1) is 12.5. The summed E-state index contributed by atoms with van der Waals surface area (Å²) in [7, 11) is 0. The number of rotatable bonds is 3. The fourth-order valence-corrected chi connectivity index (χ4v) is 3.39. The molecule has 1 amide bonds. The second-order valence-corrected chi connectivity index (χ2v) is 5.62. The van der Waals surface area contributed by atoms with Gasteiger partial charge in [0.25, 0.3) is 5.91 Å². The number of nitrogens with zero attached hydrogens (tertiary/aromatic N) is 2. The van der Waals surface area contributed by atoms with Crippen LogP contribution in [0.5, 0.6) is 0 Å². The van der Waals surface area contributed by atoms with Gasteiger partial charge in [0.2, 0.25) is 0 Å². The highest BCUT2D eigenvalue weighted by atomic mass is 16.2. The van der Waals surface area contributed by atoms with Crippen LogP contribution in [0.15, 0.2) is 18.3 Å². The Bertz CT molecular complexity index is 445. The molecule has 1 saturated heterocycles. The second-order valence-electron chi connectivity index (χ2n) is 5.62. The standard InChI is InChI=1S/C15H21N3O/c1-2-16-14-7-6-11(8-17-14)15(19)18-9-12-4-3-5-13(12)10-18/h6-8,12-13H,2-5,9-10H2,1H3,(H,16,17). The molecule has 2 atom stereocenters. The highest BCUT2D eigenvalue weighted by Crippen LogP contribution is 2.38. The third kappa shape index (κ3) is 2.44. The molecule has 0 spiro atoms. The monoisotopic (exact) mass is 259 g/mol. The van der Waals surface area contributed by atoms with Crippen molar-refractivity contribution in [1.29, 1.82) is 0 Å². The van der Waals surface area contributed by atoms with Crippen molar-refractivity contribution in [2.24, 2.45) is 11.8 Å². The summed E-state index contributed by atoms with van der Waals surface area (Å²) in [6.07, 6.45) is 5.63. The molecular weight excluding hydrogens is 238 g/mol. The Morgan fingerprint density at radius 2 is 2.11 bits per heavy atom. The lowest BCUT2D eigenvalue weighted by molar-refractivity contribution is 0.0780. The second kappa shape index (κ2) is 5.19. The Balaban J connectivity index is 1.67. The lowest BCUT2D eigenvalue weighted by Gasteiger charge is -2.17. The molecule has 1 aliphatic heterocycles. The van der Waals surface area contributed by atoms with E-state index in [0.717, 1.165) is 37.3 Å². The van der Waals surface area contributed by atoms with Gasteiger partial charge in [-0.1, -0.05) is 6.42 Å². The minimum absolute atomic E-state index is 0.143. The third-order valence-corrected chi connectivity index (χ3v) is 4.38. The summed E-state index contributed by atoms with van der Waals surface area (Å²) in [5.41, 5.74) is 0.710. The van der Waals surface area contributed by atoms with E-state index in [1.54, 1.807) is 6.20 Å². The smallest absolute Gasteiger partial charge is 0.255 e. The highest BCUT2D eigenvalue weighted by molar-refractivity contribution is 5.94. The van der Waals surface area contributed by atoms with E-state index >= 15 is 0 Å². The first-order valence-electron chi connectivity index (χ1n) is 7.27. The Kier molecular flexibility index (Phi) is 3.40. The lowest BCUT2D eigenvalue weighted by atomic mass is 10.0. The number of carbonyl (C=O) groups excluding carboxylic acids is 1. The molecule has 1 saturated carbocycles. The van der Waals surface area contributed by atoms with Gasteiger partial charge in [-0.3, -0.25) is 4.79 Å². The Morgan fingerprint density at radius 1 is 1.37 bits per heavy atom. The molecule has 4 heteroatoms. The minimum atomic E-state index is 0.143. The maximum Gasteiger partial charge on any atom is 0.255 e. The first-order chi connectivity index (χ1) is 9.28. The molecule has 19 heavy (non-hydrogen) atoms. The third-order valence-electron chi connectivity index (χ3n) is 4.38. The van der Waals surface area contributed by atoms with Gasteiger partial charge in [-0.2, -0.15) is 0 Å². The van der Waals surface area contributed by atoms with Crippen molar-refractivity contribution in [2.45, 2.75) is 26.2 Å². The van der Waals surface area contributed by atoms with Crippen molar-refractivity contribution in [2.75, 3.05) is 25.0 Å². The van der Waals surface area contributed by atoms with Crippen LogP contribution in [-0.4, -0.2) is 35.4 Å². The van der Waals surface area contributed by atoms with Crippen LogP contribution < -0.4 is 5.32 Å². The largest absolute Gasteiger partial charge is 0.370 e. The number of fused-ring (bicyclic) bond motifs is 1. The van der Waals surface area contributed by atoms with Gasteiger partial charge in [-0.05, 0) is 43.7 Å². The van der Waals surface area contributed by atoms with Crippen molar-refractivity contribution < 1.29 is 4.79 Å². The van der Waals surface area contributed by atoms with Crippen LogP contribution in [0.3, 0.4) is 0 Å². The van der Waals surface area contributed by atoms with Crippen LogP contribution in [0.1, 0.15) is 36.5 Å². The van der Waals surface area contributed by atoms with Gasteiger partial charge in [0.05, 0.1) is 5.56 Å². The van der Waals surface area contributed by atoms with E-state index in [1.165, 1.54) is 19.3 Å². The Labute approximate surface area is 114 Å². The van der Waals surface area contributed by atoms with Crippen LogP contribution in [0.25, 0.3) is 0 Å². The average Bonchev–Trinajstić information content (AvgIpc) is 3.00. The van der Waals surface area contributed by atoms with Crippen LogP contribution in [0.2, 0.25) is 0 Å². The number of aromatic nitrogens is 1. The molecule has 2 heterocycles. The fraction of sp³-hybridized carbons (Fsp3) is 0.600. The van der Waals surface area contributed by atoms with Crippen molar-refractivity contribution in [3.05, 3.63) is 23.9 Å². The van der Waals surface area contributed by atoms with Crippen molar-refractivity contribution in [3.63, 3.8) is 0 Å². The van der Waals surface area contributed by atoms with E-state index in [2.05, 4.69) is 10.3 Å². The van der Waals surface area contributed by atoms with Crippen LogP contribution in [0, 0.1) is 11.8 Å². The number of pyridine rings is 1. The molecular formula is C15H21N3O. The SMILES string of the molecule is CCNc1ccc(C(=O)N2CC3CCCC3C2)cn1. The maximum atomic E-state index is 12.4. The Hall–Kier alpha value is -1.58. The molecule has 1 N–H and O–H groups in total. The van der Waals surface area contributed by atoms with Gasteiger partial charge in [0.1, 0.15) is 5.82 Å². The molecule has 0 radical (unpaired) electrons. The van der Waals surface area contributed by atoms with E-state index in [-0.39, 0.29) is 5.91 Å². The minimum Gasteiger partial charge on any atom is -0.370 e. The molecule has 2 fully saturated rings. The topological polar surface area (TPSA) is 45.2 Å². The number of hydrogen-bond donors (Lipinski definition) is 1. The summed E-state index contributed by atoms with van der Waals surface area (Å²) in [5.74, 6) is 2.47. The average molecular weight is 259 g/mol. The van der Waals surface area contributed by atoms with Crippen molar-refractivity contribution in [1.82, 2.24) is 9.88 Å². The molecule has 0 aromatic carbocycles. The predicted molar refractivity (Wildman–Crippen MR) is 75.1 cm³/mol. The number of nitrogens with one attached hydrogen (secondary N) is 1. The molecule has 102 valence electrons. The first-order valence-corrected chi connectivity index (χ1v) is 7.27. The quantitative estimate of drug-likeness (QED) is 0.906. The number of likely N-dealkylation sites (tertiary alicyclic amines) is 1. The Morgan fingerprint density at radius 3 is 2.68 bits per heavy atom. The summed E-state index contributed by atoms with van der Waals surface area (Å²) in [6, 6.07) is 3.76. The van der Waals surface area contributed by atoms with Crippen LogP contribution in [-0.2, 0) is 0 Å². The van der Waals surface area contributed by atoms with E-state index in [0.29, 0.717) is 5.56 Å². The molecule has 1 aromatic heterocycles. The zero-order valence-electron chi connectivity index (χ0n) is 11.4. The number of hydrogen-bond acceptors (Lipinski definition) is 3. The molecule has 4 nitrogen and oxygen atoms in total. The van der Waals surface area contributed by atoms with Gasteiger partial charge in [0, 0.05) is 25.8 Å². The van der Waals surface area contributed by atoms with E-state index < -0.39 is 0 Å². The van der Waals surface area contributed by atoms with E-state index in [9.17, 15) is 4.79 Å². The molecule has 3 rings (SSSR count). The highest BCUT2D eigenvalue weighted by Gasteiger charge is 2.38. The molecule has 0 bridgehead atoms. The lowest BCUT2D eigenvalue weighted by Crippen LogP contribution is -2.29. The van der Waals surface area contributed by atoms with Gasteiger partial charge in [-0.25, -0.2) is 4.98 Å². The summed E-state index contributed by atoms with van der Waals surface area (Å²) in [5, 5.41) is 3.14. The predicted octanol–water partition coefficient (Wildman–Crippen LogP) is 2.39. The zero-order chi connectivity index (χ0) is 13.2. The number of amides is 1. The van der Waals surface area contributed by atoms with Crippen LogP contribution >= 0.6 is 0 Å². The van der Waals surface area contributed by atoms with Gasteiger partial charge >= 0.3 is 0 Å². The summed E-state index contributed by atoms with van der Waals surface area (Å²) in [4.78, 5) is 18.7. The van der Waals surface area contributed by atoms with Crippen molar-refractivity contribution >= 4 is 11.7 Å². The van der Waals surface area contributed by atoms with Gasteiger partial charge in [0.15, 0.2) is 0 Å². The number of anilines is 1. The van der Waals surface area contributed by atoms with E-state index in [1.807, 2.05) is 24.0 Å². The molecule has 1 aliphatic carbocycles. The molecule has 1 aromatic rings. The fourth-order valence-electron chi connectivity index (χ4n) is 3.39. The van der Waals surface area contributed by atoms with Crippen LogP contribution in [0.4, 0.5) is 5.82 Å².